The van der Waals surface area contributed by atoms with Gasteiger partial charge in [0, 0.05) is 35.8 Å². The Labute approximate surface area is 201 Å². The largest absolute Gasteiger partial charge is 0.340 e. The molecule has 0 saturated heterocycles. The first-order chi connectivity index (χ1) is 16.5. The topological polar surface area (TPSA) is 86.4 Å². The first-order valence-electron chi connectivity index (χ1n) is 10.9. The molecule has 7 nitrogen and oxygen atoms in total. The number of aromatic amines is 2. The maximum atomic E-state index is 4.94. The number of nitrogens with one attached hydrogen (secondary N) is 2. The molecule has 0 radical (unpaired) electrons. The SMILES string of the molecule is C=C/C=C(/c1ccsc1)c1nc(-c2n[nH]c3ccc(-c4cncc(CN(C)C)c4)nc23)[nH]c1C. The Balaban J connectivity index is 1.57. The second-order valence-corrected chi connectivity index (χ2v) is 9.15. The summed E-state index contributed by atoms with van der Waals surface area (Å²) in [5.74, 6) is 0.674. The third kappa shape index (κ3) is 4.21. The van der Waals surface area contributed by atoms with Crippen LogP contribution in [0.25, 0.3) is 39.4 Å². The quantitative estimate of drug-likeness (QED) is 0.311. The van der Waals surface area contributed by atoms with Crippen molar-refractivity contribution in [2.45, 2.75) is 13.5 Å². The zero-order chi connectivity index (χ0) is 23.7. The van der Waals surface area contributed by atoms with Crippen LogP contribution < -0.4 is 0 Å². The minimum absolute atomic E-state index is 0.674. The molecule has 0 aliphatic rings. The van der Waals surface area contributed by atoms with Gasteiger partial charge in [0.25, 0.3) is 0 Å². The third-order valence-electron chi connectivity index (χ3n) is 5.48. The third-order valence-corrected chi connectivity index (χ3v) is 6.16. The van der Waals surface area contributed by atoms with Gasteiger partial charge < -0.3 is 9.88 Å². The van der Waals surface area contributed by atoms with Crippen molar-refractivity contribution < 1.29 is 0 Å². The molecular formula is C26H25N7S. The number of allylic oxidation sites excluding steroid dienone is 2. The molecular weight excluding hydrogens is 442 g/mol. The molecule has 5 aromatic rings. The average molecular weight is 468 g/mol. The van der Waals surface area contributed by atoms with E-state index in [0.717, 1.165) is 56.9 Å². The van der Waals surface area contributed by atoms with Crippen molar-refractivity contribution in [3.05, 3.63) is 88.7 Å². The smallest absolute Gasteiger partial charge is 0.161 e. The first kappa shape index (κ1) is 21.9. The van der Waals surface area contributed by atoms with Crippen molar-refractivity contribution >= 4 is 27.9 Å². The molecule has 34 heavy (non-hydrogen) atoms. The molecule has 0 aliphatic heterocycles. The Kier molecular flexibility index (Phi) is 5.91. The number of fused-ring (bicyclic) bond motifs is 1. The summed E-state index contributed by atoms with van der Waals surface area (Å²) in [4.78, 5) is 19.8. The summed E-state index contributed by atoms with van der Waals surface area (Å²) in [5, 5.41) is 11.8. The van der Waals surface area contributed by atoms with E-state index in [9.17, 15) is 0 Å². The van der Waals surface area contributed by atoms with Crippen molar-refractivity contribution in [3.8, 4) is 22.8 Å². The number of hydrogen-bond acceptors (Lipinski definition) is 6. The minimum Gasteiger partial charge on any atom is -0.340 e. The monoisotopic (exact) mass is 467 g/mol. The van der Waals surface area contributed by atoms with Gasteiger partial charge in [-0.25, -0.2) is 9.97 Å². The van der Waals surface area contributed by atoms with E-state index in [0.29, 0.717) is 11.5 Å². The summed E-state index contributed by atoms with van der Waals surface area (Å²) in [6.45, 7) is 6.71. The molecule has 0 aromatic carbocycles. The number of pyridine rings is 2. The number of hydrogen-bond donors (Lipinski definition) is 2. The molecule has 8 heteroatoms. The van der Waals surface area contributed by atoms with Gasteiger partial charge in [0.05, 0.1) is 16.9 Å². The highest BCUT2D eigenvalue weighted by Crippen LogP contribution is 2.31. The van der Waals surface area contributed by atoms with Crippen molar-refractivity contribution in [1.82, 2.24) is 35.0 Å². The lowest BCUT2D eigenvalue weighted by Crippen LogP contribution is -2.10. The second kappa shape index (κ2) is 9.17. The highest BCUT2D eigenvalue weighted by atomic mass is 32.1. The fraction of sp³-hybridized carbons (Fsp3) is 0.154. The Morgan fingerprint density at radius 1 is 1.18 bits per heavy atom. The minimum atomic E-state index is 0.674. The van der Waals surface area contributed by atoms with Crippen molar-refractivity contribution in [2.75, 3.05) is 14.1 Å². The van der Waals surface area contributed by atoms with Crippen LogP contribution in [-0.4, -0.2) is 49.1 Å². The Bertz CT molecular complexity index is 1490. The summed E-state index contributed by atoms with van der Waals surface area (Å²) in [5.41, 5.74) is 9.23. The highest BCUT2D eigenvalue weighted by molar-refractivity contribution is 7.08. The van der Waals surface area contributed by atoms with Crippen LogP contribution in [0.4, 0.5) is 0 Å². The lowest BCUT2D eigenvalue weighted by Gasteiger charge is -2.10. The van der Waals surface area contributed by atoms with Crippen LogP contribution in [-0.2, 0) is 6.54 Å². The van der Waals surface area contributed by atoms with Gasteiger partial charge >= 0.3 is 0 Å². The Morgan fingerprint density at radius 3 is 2.82 bits per heavy atom. The van der Waals surface area contributed by atoms with E-state index in [1.165, 1.54) is 0 Å². The second-order valence-electron chi connectivity index (χ2n) is 8.37. The maximum absolute atomic E-state index is 4.94. The van der Waals surface area contributed by atoms with Crippen LogP contribution in [0.15, 0.2) is 66.2 Å². The van der Waals surface area contributed by atoms with Crippen LogP contribution in [0.2, 0.25) is 0 Å². The standard InChI is InChI=1S/C26H25N7S/c1-5-6-20(18-9-10-34-15-18)23-16(2)28-26(30-23)25-24-22(31-32-25)8-7-21(29-24)19-11-17(12-27-13-19)14-33(3)4/h5-13,15H,1,14H2,2-4H3,(H,28,30)(H,31,32)/b20-6-. The summed E-state index contributed by atoms with van der Waals surface area (Å²) < 4.78 is 0. The van der Waals surface area contributed by atoms with E-state index in [-0.39, 0.29) is 0 Å². The normalized spacial score (nSPS) is 12.1. The summed E-state index contributed by atoms with van der Waals surface area (Å²) in [6.07, 6.45) is 7.51. The molecule has 0 bridgehead atoms. The number of rotatable bonds is 7. The first-order valence-corrected chi connectivity index (χ1v) is 11.8. The average Bonchev–Trinajstić information content (AvgIpc) is 3.57. The van der Waals surface area contributed by atoms with Crippen molar-refractivity contribution in [1.29, 1.82) is 0 Å². The van der Waals surface area contributed by atoms with Crippen LogP contribution in [0.3, 0.4) is 0 Å². The highest BCUT2D eigenvalue weighted by Gasteiger charge is 2.19. The molecule has 0 saturated carbocycles. The van der Waals surface area contributed by atoms with Crippen LogP contribution in [0.5, 0.6) is 0 Å². The molecule has 0 amide bonds. The number of aromatic nitrogens is 6. The number of H-pyrrole nitrogens is 2. The Morgan fingerprint density at radius 2 is 2.06 bits per heavy atom. The van der Waals surface area contributed by atoms with E-state index < -0.39 is 0 Å². The molecule has 0 spiro atoms. The van der Waals surface area contributed by atoms with Crippen LogP contribution >= 0.6 is 11.3 Å². The van der Waals surface area contributed by atoms with Crippen molar-refractivity contribution in [2.24, 2.45) is 0 Å². The van der Waals surface area contributed by atoms with Gasteiger partial charge in [0.1, 0.15) is 5.52 Å². The molecule has 0 aliphatic carbocycles. The van der Waals surface area contributed by atoms with Gasteiger partial charge in [0.2, 0.25) is 0 Å². The van der Waals surface area contributed by atoms with Gasteiger partial charge in [-0.3, -0.25) is 10.1 Å². The van der Waals surface area contributed by atoms with Gasteiger partial charge in [-0.05, 0) is 67.2 Å². The molecule has 0 atom stereocenters. The fourth-order valence-electron chi connectivity index (χ4n) is 3.99. The predicted octanol–water partition coefficient (Wildman–Crippen LogP) is 5.46. The molecule has 2 N–H and O–H groups in total. The van der Waals surface area contributed by atoms with E-state index in [2.05, 4.69) is 54.5 Å². The number of thiophene rings is 1. The van der Waals surface area contributed by atoms with E-state index >= 15 is 0 Å². The number of imidazole rings is 1. The summed E-state index contributed by atoms with van der Waals surface area (Å²) in [6, 6.07) is 8.20. The van der Waals surface area contributed by atoms with Gasteiger partial charge in [0.15, 0.2) is 11.5 Å². The zero-order valence-electron chi connectivity index (χ0n) is 19.3. The number of aryl methyl sites for hydroxylation is 1. The molecule has 170 valence electrons. The Hall–Kier alpha value is -3.88. The van der Waals surface area contributed by atoms with E-state index in [1.807, 2.05) is 51.6 Å². The summed E-state index contributed by atoms with van der Waals surface area (Å²) in [7, 11) is 4.09. The summed E-state index contributed by atoms with van der Waals surface area (Å²) >= 11 is 1.66. The lowest BCUT2D eigenvalue weighted by molar-refractivity contribution is 0.402. The van der Waals surface area contributed by atoms with Crippen molar-refractivity contribution in [3.63, 3.8) is 0 Å². The van der Waals surface area contributed by atoms with Crippen LogP contribution in [0.1, 0.15) is 22.5 Å². The maximum Gasteiger partial charge on any atom is 0.161 e. The lowest BCUT2D eigenvalue weighted by atomic mass is 10.0. The van der Waals surface area contributed by atoms with Gasteiger partial charge in [-0.2, -0.15) is 16.4 Å². The molecule has 5 aromatic heterocycles. The van der Waals surface area contributed by atoms with Crippen LogP contribution in [0, 0.1) is 6.92 Å². The van der Waals surface area contributed by atoms with E-state index in [4.69, 9.17) is 9.97 Å². The van der Waals surface area contributed by atoms with Gasteiger partial charge in [-0.15, -0.1) is 0 Å². The zero-order valence-corrected chi connectivity index (χ0v) is 20.1. The molecule has 5 rings (SSSR count). The fourth-order valence-corrected chi connectivity index (χ4v) is 4.64. The van der Waals surface area contributed by atoms with Gasteiger partial charge in [-0.1, -0.05) is 18.7 Å². The predicted molar refractivity (Wildman–Crippen MR) is 138 cm³/mol. The molecule has 0 unspecified atom stereocenters. The number of nitrogens with zero attached hydrogens (tertiary/aromatic N) is 5. The molecule has 5 heterocycles. The van der Waals surface area contributed by atoms with E-state index in [1.54, 1.807) is 17.4 Å². The molecule has 0 fully saturated rings.